The molecule has 5 fully saturated rings. The molecule has 538 valence electrons. The smallest absolute Gasteiger partial charge is 0.246 e. The van der Waals surface area contributed by atoms with Gasteiger partial charge in [0, 0.05) is 100 Å². The highest BCUT2D eigenvalue weighted by atomic mass is 16.2. The minimum atomic E-state index is -0.904. The Morgan fingerprint density at radius 1 is 0.490 bits per heavy atom. The van der Waals surface area contributed by atoms with Crippen molar-refractivity contribution in [3.63, 3.8) is 0 Å². The lowest BCUT2D eigenvalue weighted by Gasteiger charge is -2.33. The summed E-state index contributed by atoms with van der Waals surface area (Å²) in [7, 11) is 0. The van der Waals surface area contributed by atoms with Gasteiger partial charge in [-0.25, -0.2) is 9.97 Å². The fraction of sp³-hybridized carbons (Fsp3) is 0.667. The van der Waals surface area contributed by atoms with Crippen LogP contribution in [0, 0.1) is 76.9 Å². The van der Waals surface area contributed by atoms with E-state index in [1.54, 1.807) is 9.80 Å². The van der Waals surface area contributed by atoms with Crippen molar-refractivity contribution >= 4 is 69.9 Å². The fourth-order valence-corrected chi connectivity index (χ4v) is 15.4. The predicted octanol–water partition coefficient (Wildman–Crippen LogP) is 11.9. The molecule has 20 nitrogen and oxygen atoms in total. The number of hydrogen-bond acceptors (Lipinski definition) is 16. The molecular weight excluding hydrogens is 1240 g/mol. The van der Waals surface area contributed by atoms with Crippen LogP contribution in [-0.4, -0.2) is 137 Å². The molecule has 20 heteroatoms. The van der Waals surface area contributed by atoms with E-state index in [0.29, 0.717) is 38.8 Å². The zero-order valence-electron chi connectivity index (χ0n) is 58.7. The van der Waals surface area contributed by atoms with Gasteiger partial charge in [0.1, 0.15) is 23.5 Å². The first kappa shape index (κ1) is 81.3. The average Bonchev–Trinajstić information content (AvgIpc) is 1.62. The first-order valence-electron chi connectivity index (χ1n) is 35.8. The normalized spacial score (nSPS) is 21.5. The van der Waals surface area contributed by atoms with Crippen molar-refractivity contribution in [2.24, 2.45) is 76.9 Å². The number of hydrogen-bond donors (Lipinski definition) is 2. The van der Waals surface area contributed by atoms with Crippen molar-refractivity contribution in [1.82, 2.24) is 40.4 Å². The largest absolute Gasteiger partial charge is 0.344 e. The van der Waals surface area contributed by atoms with Crippen LogP contribution in [0.25, 0.3) is 0 Å². The number of likely N-dealkylation sites (tertiary alicyclic amines) is 2. The van der Waals surface area contributed by atoms with E-state index in [4.69, 9.17) is 0 Å². The van der Waals surface area contributed by atoms with Crippen LogP contribution in [0.5, 0.6) is 0 Å². The molecule has 3 aliphatic carbocycles. The van der Waals surface area contributed by atoms with Gasteiger partial charge in [-0.05, 0) is 116 Å². The second-order valence-electron chi connectivity index (χ2n) is 29.6. The maximum atomic E-state index is 14.4. The molecule has 0 bridgehead atoms. The van der Waals surface area contributed by atoms with E-state index in [2.05, 4.69) is 30.6 Å². The number of amides is 4. The van der Waals surface area contributed by atoms with E-state index in [1.165, 1.54) is 37.2 Å². The molecule has 8 rings (SSSR count). The topological polar surface area (TPSA) is 287 Å². The number of Topliss-reactive ketones (excluding diaryl/α,β-unsaturated/α-hetero) is 8. The van der Waals surface area contributed by atoms with Gasteiger partial charge in [-0.1, -0.05) is 153 Å². The van der Waals surface area contributed by atoms with Gasteiger partial charge in [0.15, 0.2) is 34.7 Å². The Bertz CT molecular complexity index is 3210. The third-order valence-electron chi connectivity index (χ3n) is 21.3. The molecule has 4 heterocycles. The van der Waals surface area contributed by atoms with E-state index < -0.39 is 71.1 Å². The highest BCUT2D eigenvalue weighted by molar-refractivity contribution is 6.39. The van der Waals surface area contributed by atoms with Crippen molar-refractivity contribution in [1.29, 1.82) is 0 Å². The number of nitrogens with one attached hydrogen (secondary N) is 2. The van der Waals surface area contributed by atoms with Crippen LogP contribution in [0.4, 0.5) is 0 Å². The fourth-order valence-electron chi connectivity index (χ4n) is 15.4. The number of carbonyl (C=O) groups excluding carboxylic acids is 12. The molecule has 4 unspecified atom stereocenters. The van der Waals surface area contributed by atoms with E-state index >= 15 is 0 Å². The minimum Gasteiger partial charge on any atom is -0.344 e. The Balaban J connectivity index is 0.000000348. The Morgan fingerprint density at radius 2 is 0.898 bits per heavy atom. The molecule has 4 amide bonds. The predicted molar refractivity (Wildman–Crippen MR) is 376 cm³/mol. The van der Waals surface area contributed by atoms with Gasteiger partial charge in [-0.3, -0.25) is 67.5 Å². The van der Waals surface area contributed by atoms with Crippen molar-refractivity contribution < 1.29 is 57.5 Å². The molecule has 2 aliphatic heterocycles. The molecule has 0 spiro atoms. The van der Waals surface area contributed by atoms with Gasteiger partial charge >= 0.3 is 0 Å². The lowest BCUT2D eigenvalue weighted by molar-refractivity contribution is -0.145. The second-order valence-corrected chi connectivity index (χ2v) is 29.6. The summed E-state index contributed by atoms with van der Waals surface area (Å²) in [6, 6.07) is 6.42. The van der Waals surface area contributed by atoms with Crippen molar-refractivity contribution in [3.8, 4) is 0 Å². The number of rotatable bonds is 35. The maximum absolute atomic E-state index is 14.4. The molecule has 0 radical (unpaired) electrons. The van der Waals surface area contributed by atoms with E-state index in [1.807, 2.05) is 106 Å². The maximum Gasteiger partial charge on any atom is 0.246 e. The van der Waals surface area contributed by atoms with Crippen molar-refractivity contribution in [2.75, 3.05) is 13.1 Å². The minimum absolute atomic E-state index is 0. The lowest BCUT2D eigenvalue weighted by Crippen LogP contribution is -2.56. The SMILES string of the molecule is C.C.CCCC(CC(=O)C1[C@H]2CCC[C@H]2CN1C(=O)[C@@H](NC(=O)[C@H](CC(=O)c1cnccn1)C(C)C)C(C)C)C(=O)C(=O)CC1CCC1.CCCC(CC(=O)C1[C@H]2CCC[C@H]2CN1C(=O)[C@@H](NC(=O)[C@H](CC(=O)c1cnccn1)C(C)C)C(C)C)C(=O)C(=O)C[C@H](C)c1ccccc1. The Labute approximate surface area is 582 Å². The van der Waals surface area contributed by atoms with Gasteiger partial charge in [-0.2, -0.15) is 0 Å². The first-order valence-corrected chi connectivity index (χ1v) is 35.8. The number of benzene rings is 1. The third-order valence-corrected chi connectivity index (χ3v) is 21.3. The summed E-state index contributed by atoms with van der Waals surface area (Å²) >= 11 is 0. The van der Waals surface area contributed by atoms with Crippen LogP contribution in [0.15, 0.2) is 67.5 Å². The van der Waals surface area contributed by atoms with Crippen LogP contribution < -0.4 is 10.6 Å². The molecule has 3 saturated carbocycles. The average molecular weight is 1360 g/mol. The molecule has 1 aromatic carbocycles. The molecule has 2 aromatic heterocycles. The summed E-state index contributed by atoms with van der Waals surface area (Å²) in [5, 5.41) is 5.91. The summed E-state index contributed by atoms with van der Waals surface area (Å²) in [4.78, 5) is 182. The number of nitrogens with zero attached hydrogens (tertiary/aromatic N) is 6. The van der Waals surface area contributed by atoms with Gasteiger partial charge < -0.3 is 20.4 Å². The Morgan fingerprint density at radius 3 is 1.26 bits per heavy atom. The van der Waals surface area contributed by atoms with Crippen LogP contribution in [0.3, 0.4) is 0 Å². The van der Waals surface area contributed by atoms with Gasteiger partial charge in [0.2, 0.25) is 35.2 Å². The highest BCUT2D eigenvalue weighted by Crippen LogP contribution is 2.46. The quantitative estimate of drug-likeness (QED) is 0.0409. The standard InChI is InChI=1S/C40H54N4O6.C36H52N4O6.2CH4/c1-7-12-28(38(48)35(47)19-26(6)27-13-9-8-10-14-27)20-34(46)37-30-16-11-15-29(30)23-44(37)40(50)36(25(4)5)43-39(49)31(24(2)3)21-33(45)32-22-41-17-18-42-32;1-6-9-24(34(44)31(43)16-23-10-7-11-23)17-30(42)33-26-13-8-12-25(26)20-40(33)36(46)32(22(4)5)39-35(45)27(21(2)3)18-29(41)28-19-37-14-15-38-28;;/h8-10,13-14,17-18,22,24-26,28-31,36-37H,7,11-12,15-16,19-21,23H2,1-6H3,(H,43,49);14-15,19,21-27,32-33H,6-13,16-18,20H2,1-5H3,(H,39,45);2*1H4/t26-,28?,29-,30-,31+,36-,37?;24?,25-,26-,27+,32-,33?;;/m00../s1. The number of carbonyl (C=O) groups is 12. The molecule has 2 N–H and O–H groups in total. The van der Waals surface area contributed by atoms with Gasteiger partial charge in [0.25, 0.3) is 0 Å². The molecule has 3 aromatic rings. The summed E-state index contributed by atoms with van der Waals surface area (Å²) in [6.45, 7) is 21.5. The summed E-state index contributed by atoms with van der Waals surface area (Å²) in [6.07, 6.45) is 19.3. The monoisotopic (exact) mass is 1350 g/mol. The van der Waals surface area contributed by atoms with Crippen LogP contribution in [0.2, 0.25) is 0 Å². The van der Waals surface area contributed by atoms with Crippen molar-refractivity contribution in [3.05, 3.63) is 84.5 Å². The first-order chi connectivity index (χ1) is 45.8. The van der Waals surface area contributed by atoms with Gasteiger partial charge in [-0.15, -0.1) is 0 Å². The molecule has 13 atom stereocenters. The lowest BCUT2D eigenvalue weighted by atomic mass is 9.79. The summed E-state index contributed by atoms with van der Waals surface area (Å²) < 4.78 is 0. The summed E-state index contributed by atoms with van der Waals surface area (Å²) in [5.74, 6) is -7.36. The molecular formula is C78H114N8O12. The molecule has 2 saturated heterocycles. The zero-order chi connectivity index (χ0) is 70.1. The van der Waals surface area contributed by atoms with E-state index in [-0.39, 0.29) is 171 Å². The van der Waals surface area contributed by atoms with Crippen LogP contribution in [-0.2, 0) is 47.9 Å². The highest BCUT2D eigenvalue weighted by Gasteiger charge is 2.53. The third kappa shape index (κ3) is 20.9. The van der Waals surface area contributed by atoms with Crippen molar-refractivity contribution in [2.45, 2.75) is 243 Å². The van der Waals surface area contributed by atoms with Crippen LogP contribution in [0.1, 0.15) is 245 Å². The number of ketones is 8. The van der Waals surface area contributed by atoms with Crippen LogP contribution >= 0.6 is 0 Å². The van der Waals surface area contributed by atoms with E-state index in [9.17, 15) is 57.5 Å². The zero-order valence-corrected chi connectivity index (χ0v) is 58.7. The second kappa shape index (κ2) is 38.3. The summed E-state index contributed by atoms with van der Waals surface area (Å²) in [5.41, 5.74) is 1.35. The number of fused-ring (bicyclic) bond motifs is 2. The molecule has 98 heavy (non-hydrogen) atoms. The molecule has 5 aliphatic rings. The van der Waals surface area contributed by atoms with E-state index in [0.717, 1.165) is 63.4 Å². The van der Waals surface area contributed by atoms with Gasteiger partial charge in [0.05, 0.1) is 24.5 Å². The number of aromatic nitrogens is 4. The Hall–Kier alpha value is -7.38. The Kier molecular flexibility index (Phi) is 31.7.